The molecule has 0 atom stereocenters. The molecule has 0 radical (unpaired) electrons. The van der Waals surface area contributed by atoms with Crippen LogP contribution >= 0.6 is 14.4 Å². The molecule has 0 saturated heterocycles. The summed E-state index contributed by atoms with van der Waals surface area (Å²) in [6.07, 6.45) is 0. The molecule has 2 heteroatoms. The van der Waals surface area contributed by atoms with E-state index in [1.54, 1.807) is 0 Å². The minimum Gasteiger partial charge on any atom is -0.0864 e. The van der Waals surface area contributed by atoms with Crippen LogP contribution in [0.5, 0.6) is 0 Å². The van der Waals surface area contributed by atoms with Crippen LogP contribution in [0.25, 0.3) is 22.3 Å². The standard InChI is InChI=1S/C45H70P2/c1-40(2,3)29-25-33(42(7,8)9)37(34(26-29)43(10,11)12)31-23-22-24-32(39(31)46-47(19,20)21)38-35(44(13,14)15)27-30(41(4,5)6)28-36(38)45(16,17)18/h22-28H,1-21H3. The zero-order chi connectivity index (χ0) is 36.5. The molecule has 0 heterocycles. The zero-order valence-corrected chi connectivity index (χ0v) is 36.2. The van der Waals surface area contributed by atoms with Crippen LogP contribution in [0.15, 0.2) is 42.5 Å². The highest BCUT2D eigenvalue weighted by atomic mass is 31.8. The van der Waals surface area contributed by atoms with Crippen molar-refractivity contribution < 1.29 is 0 Å². The van der Waals surface area contributed by atoms with Crippen molar-refractivity contribution in [2.45, 2.75) is 157 Å². The SMILES string of the molecule is CC(C)(C)c1cc(C(C)(C)C)c(-c2cccc(-c3c(C(C)(C)C)cc(C(C)(C)C)cc3C(C)(C)C)c2P=P(C)(C)C)c(C(C)(C)C)c1. The van der Waals surface area contributed by atoms with E-state index in [-0.39, 0.29) is 32.5 Å². The average Bonchev–Trinajstić information content (AvgIpc) is 2.83. The quantitative estimate of drug-likeness (QED) is 0.243. The van der Waals surface area contributed by atoms with Gasteiger partial charge < -0.3 is 0 Å². The molecule has 0 spiro atoms. The van der Waals surface area contributed by atoms with Crippen LogP contribution in [-0.2, 0) is 32.5 Å². The molecule has 3 aromatic rings. The minimum atomic E-state index is -1.26. The highest BCUT2D eigenvalue weighted by Gasteiger charge is 2.34. The molecule has 0 saturated carbocycles. The van der Waals surface area contributed by atoms with Crippen molar-refractivity contribution in [3.8, 4) is 22.3 Å². The van der Waals surface area contributed by atoms with Crippen molar-refractivity contribution in [1.29, 1.82) is 0 Å². The van der Waals surface area contributed by atoms with Gasteiger partial charge in [0.15, 0.2) is 0 Å². The number of hydrogen-bond donors (Lipinski definition) is 0. The average molecular weight is 673 g/mol. The van der Waals surface area contributed by atoms with Gasteiger partial charge in [0.2, 0.25) is 0 Å². The molecule has 0 fully saturated rings. The molecular weight excluding hydrogens is 602 g/mol. The van der Waals surface area contributed by atoms with Gasteiger partial charge in [0, 0.05) is 5.30 Å². The summed E-state index contributed by atoms with van der Waals surface area (Å²) >= 11 is 0. The Balaban J connectivity index is 2.79. The van der Waals surface area contributed by atoms with Crippen molar-refractivity contribution in [2.75, 3.05) is 20.0 Å². The maximum Gasteiger partial charge on any atom is 0.0173 e. The minimum absolute atomic E-state index is 0.0148. The van der Waals surface area contributed by atoms with Gasteiger partial charge >= 0.3 is 0 Å². The molecule has 0 aliphatic heterocycles. The van der Waals surface area contributed by atoms with Gasteiger partial charge in [0.25, 0.3) is 0 Å². The molecule has 3 rings (SSSR count). The normalized spacial score (nSPS) is 14.2. The lowest BCUT2D eigenvalue weighted by Gasteiger charge is -2.36. The fourth-order valence-electron chi connectivity index (χ4n) is 6.45. The van der Waals surface area contributed by atoms with E-state index in [4.69, 9.17) is 0 Å². The fourth-order valence-corrected chi connectivity index (χ4v) is 10.1. The van der Waals surface area contributed by atoms with Crippen molar-refractivity contribution in [2.24, 2.45) is 0 Å². The summed E-state index contributed by atoms with van der Waals surface area (Å²) in [6, 6.07) is 17.4. The molecular formula is C45H70P2. The second-order valence-corrected chi connectivity index (χ2v) is 29.9. The summed E-state index contributed by atoms with van der Waals surface area (Å²) in [6.45, 7) is 49.3. The monoisotopic (exact) mass is 672 g/mol. The molecule has 0 bridgehead atoms. The van der Waals surface area contributed by atoms with Gasteiger partial charge in [0.1, 0.15) is 0 Å². The summed E-state index contributed by atoms with van der Waals surface area (Å²) in [4.78, 5) is 0. The third-order valence-corrected chi connectivity index (χ3v) is 12.9. The van der Waals surface area contributed by atoms with Gasteiger partial charge in [-0.2, -0.15) is 0 Å². The van der Waals surface area contributed by atoms with Gasteiger partial charge in [-0.05, 0) is 108 Å². The van der Waals surface area contributed by atoms with Crippen molar-refractivity contribution in [3.05, 3.63) is 75.8 Å². The molecule has 0 amide bonds. The predicted octanol–water partition coefficient (Wildman–Crippen LogP) is 14.2. The lowest BCUT2D eigenvalue weighted by atomic mass is 9.69. The lowest BCUT2D eigenvalue weighted by molar-refractivity contribution is 0.550. The molecule has 0 nitrogen and oxygen atoms in total. The molecule has 0 aliphatic carbocycles. The molecule has 47 heavy (non-hydrogen) atoms. The maximum absolute atomic E-state index is 2.55. The Hall–Kier alpha value is -1.61. The van der Waals surface area contributed by atoms with Crippen LogP contribution in [0.4, 0.5) is 0 Å². The summed E-state index contributed by atoms with van der Waals surface area (Å²) in [5, 5.41) is 1.51. The Labute approximate surface area is 293 Å². The molecule has 3 aromatic carbocycles. The first-order chi connectivity index (χ1) is 20.7. The number of hydrogen-bond acceptors (Lipinski definition) is 0. The Bertz CT molecular complexity index is 1490. The van der Waals surface area contributed by atoms with Crippen LogP contribution in [0.1, 0.15) is 158 Å². The third-order valence-electron chi connectivity index (χ3n) is 9.22. The smallest absolute Gasteiger partial charge is 0.0173 e. The van der Waals surface area contributed by atoms with Crippen molar-refractivity contribution in [1.82, 2.24) is 0 Å². The molecule has 260 valence electrons. The van der Waals surface area contributed by atoms with E-state index in [0.717, 1.165) is 0 Å². The first-order valence-electron chi connectivity index (χ1n) is 17.8. The first kappa shape index (κ1) is 39.8. The van der Waals surface area contributed by atoms with Crippen LogP contribution < -0.4 is 5.30 Å². The third kappa shape index (κ3) is 9.15. The summed E-state index contributed by atoms with van der Waals surface area (Å²) in [7, 11) is 1.46. The van der Waals surface area contributed by atoms with E-state index in [9.17, 15) is 0 Å². The molecule has 0 N–H and O–H groups in total. The highest BCUT2D eigenvalue weighted by molar-refractivity contribution is 8.06. The van der Waals surface area contributed by atoms with E-state index in [0.29, 0.717) is 0 Å². The molecule has 0 aromatic heterocycles. The maximum atomic E-state index is 2.55. The lowest BCUT2D eigenvalue weighted by Crippen LogP contribution is -2.25. The topological polar surface area (TPSA) is 0 Å². The second kappa shape index (κ2) is 12.6. The van der Waals surface area contributed by atoms with Gasteiger partial charge in [-0.1, -0.05) is 182 Å². The van der Waals surface area contributed by atoms with Crippen LogP contribution in [0.2, 0.25) is 0 Å². The summed E-state index contributed by atoms with van der Waals surface area (Å²) < 4.78 is 0. The van der Waals surface area contributed by atoms with Gasteiger partial charge in [-0.25, -0.2) is 0 Å². The highest BCUT2D eigenvalue weighted by Crippen LogP contribution is 2.52. The Morgan fingerprint density at radius 2 is 0.660 bits per heavy atom. The van der Waals surface area contributed by atoms with E-state index in [2.05, 4.69) is 187 Å². The molecule has 0 aliphatic rings. The van der Waals surface area contributed by atoms with E-state index < -0.39 is 6.55 Å². The van der Waals surface area contributed by atoms with Crippen LogP contribution in [0.3, 0.4) is 0 Å². The predicted molar refractivity (Wildman–Crippen MR) is 221 cm³/mol. The van der Waals surface area contributed by atoms with Crippen molar-refractivity contribution >= 4 is 19.7 Å². The summed E-state index contributed by atoms with van der Waals surface area (Å²) in [5.74, 6) is 0. The van der Waals surface area contributed by atoms with E-state index >= 15 is 0 Å². The second-order valence-electron chi connectivity index (χ2n) is 21.1. The zero-order valence-electron chi connectivity index (χ0n) is 34.4. The van der Waals surface area contributed by atoms with Gasteiger partial charge in [0.05, 0.1) is 0 Å². The van der Waals surface area contributed by atoms with E-state index in [1.165, 1.54) is 68.8 Å². The number of rotatable bonds is 3. The van der Waals surface area contributed by atoms with Crippen LogP contribution in [-0.4, -0.2) is 20.0 Å². The Morgan fingerprint density at radius 3 is 0.851 bits per heavy atom. The van der Waals surface area contributed by atoms with Crippen LogP contribution in [0, 0.1) is 0 Å². The fraction of sp³-hybridized carbons (Fsp3) is 0.600. The largest absolute Gasteiger partial charge is 0.0864 e. The Morgan fingerprint density at radius 1 is 0.404 bits per heavy atom. The van der Waals surface area contributed by atoms with Gasteiger partial charge in [-0.15, -0.1) is 0 Å². The Kier molecular flexibility index (Phi) is 10.7. The van der Waals surface area contributed by atoms with Gasteiger partial charge in [-0.3, -0.25) is 0 Å². The van der Waals surface area contributed by atoms with E-state index in [1.807, 2.05) is 0 Å². The number of benzene rings is 3. The summed E-state index contributed by atoms with van der Waals surface area (Å²) in [5.41, 5.74) is 14.5. The van der Waals surface area contributed by atoms with Crippen molar-refractivity contribution in [3.63, 3.8) is 0 Å². The molecule has 0 unspecified atom stereocenters. The first-order valence-corrected chi connectivity index (χ1v) is 22.5.